The normalized spacial score (nSPS) is 10.4. The van der Waals surface area contributed by atoms with Crippen LogP contribution in [0.4, 0.5) is 5.69 Å². The van der Waals surface area contributed by atoms with Crippen LogP contribution in [0.3, 0.4) is 0 Å². The highest BCUT2D eigenvalue weighted by Crippen LogP contribution is 2.09. The van der Waals surface area contributed by atoms with Crippen LogP contribution in [0.2, 0.25) is 0 Å². The number of rotatable bonds is 4. The van der Waals surface area contributed by atoms with Crippen LogP contribution in [-0.4, -0.2) is 18.0 Å². The molecule has 0 aliphatic rings. The summed E-state index contributed by atoms with van der Waals surface area (Å²) in [4.78, 5) is 23.6. The molecule has 2 rings (SSSR count). The van der Waals surface area contributed by atoms with E-state index in [0.717, 1.165) is 4.88 Å². The first kappa shape index (κ1) is 14.0. The molecule has 0 aliphatic carbocycles. The van der Waals surface area contributed by atoms with E-state index in [0.29, 0.717) is 11.3 Å². The summed E-state index contributed by atoms with van der Waals surface area (Å²) in [5.41, 5.74) is 3.57. The summed E-state index contributed by atoms with van der Waals surface area (Å²) in [6.45, 7) is 1.43. The molecule has 2 N–H and O–H groups in total. The number of carbonyl (C=O) groups is 2. The fourth-order valence-corrected chi connectivity index (χ4v) is 2.08. The summed E-state index contributed by atoms with van der Waals surface area (Å²) in [5.74, 6) is -0.449. The Bertz CT molecular complexity index is 618. The van der Waals surface area contributed by atoms with Gasteiger partial charge in [-0.15, -0.1) is 11.3 Å². The van der Waals surface area contributed by atoms with Crippen molar-refractivity contribution in [3.63, 3.8) is 0 Å². The quantitative estimate of drug-likeness (QED) is 0.670. The highest BCUT2D eigenvalue weighted by atomic mass is 32.1. The second kappa shape index (κ2) is 6.63. The van der Waals surface area contributed by atoms with E-state index >= 15 is 0 Å². The molecule has 0 fully saturated rings. The Kier molecular flexibility index (Phi) is 4.62. The van der Waals surface area contributed by atoms with E-state index in [4.69, 9.17) is 0 Å². The topological polar surface area (TPSA) is 70.6 Å². The lowest BCUT2D eigenvalue weighted by Gasteiger charge is -2.03. The Hall–Kier alpha value is -2.47. The van der Waals surface area contributed by atoms with Crippen LogP contribution in [0.25, 0.3) is 0 Å². The van der Waals surface area contributed by atoms with Crippen molar-refractivity contribution in [3.8, 4) is 0 Å². The number of hydrazone groups is 1. The minimum absolute atomic E-state index is 0.150. The van der Waals surface area contributed by atoms with E-state index in [1.807, 2.05) is 17.5 Å². The Morgan fingerprint density at radius 3 is 2.55 bits per heavy atom. The first-order valence-electron chi connectivity index (χ1n) is 5.90. The minimum atomic E-state index is -0.299. The molecular formula is C14H13N3O2S. The van der Waals surface area contributed by atoms with Gasteiger partial charge in [-0.25, -0.2) is 5.43 Å². The molecule has 5 nitrogen and oxygen atoms in total. The van der Waals surface area contributed by atoms with Crippen molar-refractivity contribution in [3.05, 3.63) is 52.2 Å². The fraction of sp³-hybridized carbons (Fsp3) is 0.0714. The Balaban J connectivity index is 1.93. The van der Waals surface area contributed by atoms with Crippen molar-refractivity contribution in [2.45, 2.75) is 6.92 Å². The van der Waals surface area contributed by atoms with Crippen LogP contribution >= 0.6 is 11.3 Å². The molecule has 0 radical (unpaired) electrons. The number of carbonyl (C=O) groups excluding carboxylic acids is 2. The van der Waals surface area contributed by atoms with E-state index < -0.39 is 0 Å². The lowest BCUT2D eigenvalue weighted by atomic mass is 10.2. The van der Waals surface area contributed by atoms with Crippen LogP contribution in [0, 0.1) is 0 Å². The first-order valence-corrected chi connectivity index (χ1v) is 6.77. The molecule has 2 amide bonds. The molecule has 0 atom stereocenters. The highest BCUT2D eigenvalue weighted by molar-refractivity contribution is 7.11. The molecule has 0 bridgehead atoms. The van der Waals surface area contributed by atoms with Gasteiger partial charge in [-0.2, -0.15) is 5.10 Å². The van der Waals surface area contributed by atoms with E-state index in [1.54, 1.807) is 30.5 Å². The number of hydrogen-bond acceptors (Lipinski definition) is 4. The SMILES string of the molecule is CC(=O)Nc1ccc(C(=O)NN=Cc2cccs2)cc1. The third-order valence-electron chi connectivity index (χ3n) is 2.37. The first-order chi connectivity index (χ1) is 9.65. The third kappa shape index (κ3) is 4.03. The number of amides is 2. The summed E-state index contributed by atoms with van der Waals surface area (Å²) in [6.07, 6.45) is 1.59. The van der Waals surface area contributed by atoms with E-state index in [2.05, 4.69) is 15.8 Å². The van der Waals surface area contributed by atoms with Gasteiger partial charge >= 0.3 is 0 Å². The van der Waals surface area contributed by atoms with Gasteiger partial charge in [0.1, 0.15) is 0 Å². The van der Waals surface area contributed by atoms with Gasteiger partial charge in [0.15, 0.2) is 0 Å². The number of benzene rings is 1. The summed E-state index contributed by atoms with van der Waals surface area (Å²) in [6, 6.07) is 10.4. The van der Waals surface area contributed by atoms with Gasteiger partial charge in [0.2, 0.25) is 5.91 Å². The van der Waals surface area contributed by atoms with Crippen molar-refractivity contribution in [1.29, 1.82) is 0 Å². The van der Waals surface area contributed by atoms with Crippen molar-refractivity contribution >= 4 is 35.1 Å². The van der Waals surface area contributed by atoms with Gasteiger partial charge in [-0.3, -0.25) is 9.59 Å². The maximum Gasteiger partial charge on any atom is 0.271 e. The van der Waals surface area contributed by atoms with Gasteiger partial charge in [-0.05, 0) is 35.7 Å². The maximum absolute atomic E-state index is 11.8. The zero-order valence-corrected chi connectivity index (χ0v) is 11.6. The summed E-state index contributed by atoms with van der Waals surface area (Å²) < 4.78 is 0. The zero-order chi connectivity index (χ0) is 14.4. The number of nitrogens with one attached hydrogen (secondary N) is 2. The molecule has 0 saturated heterocycles. The largest absolute Gasteiger partial charge is 0.326 e. The molecule has 0 unspecified atom stereocenters. The molecular weight excluding hydrogens is 274 g/mol. The lowest BCUT2D eigenvalue weighted by molar-refractivity contribution is -0.114. The monoisotopic (exact) mass is 287 g/mol. The smallest absolute Gasteiger partial charge is 0.271 e. The van der Waals surface area contributed by atoms with E-state index in [9.17, 15) is 9.59 Å². The van der Waals surface area contributed by atoms with Crippen LogP contribution in [-0.2, 0) is 4.79 Å². The van der Waals surface area contributed by atoms with Crippen molar-refractivity contribution in [2.75, 3.05) is 5.32 Å². The van der Waals surface area contributed by atoms with Gasteiger partial charge < -0.3 is 5.32 Å². The van der Waals surface area contributed by atoms with Gasteiger partial charge in [-0.1, -0.05) is 6.07 Å². The van der Waals surface area contributed by atoms with Gasteiger partial charge in [0.05, 0.1) is 6.21 Å². The molecule has 1 aromatic heterocycles. The Morgan fingerprint density at radius 2 is 1.95 bits per heavy atom. The average Bonchev–Trinajstić information content (AvgIpc) is 2.92. The lowest BCUT2D eigenvalue weighted by Crippen LogP contribution is -2.17. The average molecular weight is 287 g/mol. The molecule has 0 aliphatic heterocycles. The van der Waals surface area contributed by atoms with Crippen LogP contribution in [0.5, 0.6) is 0 Å². The predicted octanol–water partition coefficient (Wildman–Crippen LogP) is 2.47. The van der Waals surface area contributed by atoms with Crippen molar-refractivity contribution in [2.24, 2.45) is 5.10 Å². The van der Waals surface area contributed by atoms with Crippen LogP contribution in [0.1, 0.15) is 22.2 Å². The number of anilines is 1. The van der Waals surface area contributed by atoms with E-state index in [-0.39, 0.29) is 11.8 Å². The fourth-order valence-electron chi connectivity index (χ4n) is 1.49. The van der Waals surface area contributed by atoms with Crippen molar-refractivity contribution < 1.29 is 9.59 Å². The van der Waals surface area contributed by atoms with Crippen LogP contribution < -0.4 is 10.7 Å². The third-order valence-corrected chi connectivity index (χ3v) is 3.18. The van der Waals surface area contributed by atoms with E-state index in [1.165, 1.54) is 18.3 Å². The molecule has 102 valence electrons. The zero-order valence-electron chi connectivity index (χ0n) is 10.8. The summed E-state index contributed by atoms with van der Waals surface area (Å²) in [5, 5.41) is 8.45. The highest BCUT2D eigenvalue weighted by Gasteiger charge is 2.04. The minimum Gasteiger partial charge on any atom is -0.326 e. The standard InChI is InChI=1S/C14H13N3O2S/c1-10(18)16-12-6-4-11(5-7-12)14(19)17-15-9-13-3-2-8-20-13/h2-9H,1H3,(H,16,18)(H,17,19). The maximum atomic E-state index is 11.8. The molecule has 1 heterocycles. The Morgan fingerprint density at radius 1 is 1.20 bits per heavy atom. The summed E-state index contributed by atoms with van der Waals surface area (Å²) >= 11 is 1.54. The number of thiophene rings is 1. The second-order valence-electron chi connectivity index (χ2n) is 3.97. The second-order valence-corrected chi connectivity index (χ2v) is 4.95. The van der Waals surface area contributed by atoms with Crippen molar-refractivity contribution in [1.82, 2.24) is 5.43 Å². The van der Waals surface area contributed by atoms with Gasteiger partial charge in [0.25, 0.3) is 5.91 Å². The number of hydrogen-bond donors (Lipinski definition) is 2. The number of nitrogens with zero attached hydrogens (tertiary/aromatic N) is 1. The molecule has 20 heavy (non-hydrogen) atoms. The summed E-state index contributed by atoms with van der Waals surface area (Å²) in [7, 11) is 0. The molecule has 1 aromatic carbocycles. The molecule has 6 heteroatoms. The van der Waals surface area contributed by atoms with Crippen LogP contribution in [0.15, 0.2) is 46.9 Å². The molecule has 2 aromatic rings. The Labute approximate surface area is 120 Å². The molecule has 0 spiro atoms. The predicted molar refractivity (Wildman–Crippen MR) is 80.1 cm³/mol. The molecule has 0 saturated carbocycles. The van der Waals surface area contributed by atoms with Gasteiger partial charge in [0, 0.05) is 23.1 Å².